The third kappa shape index (κ3) is 6.50. The molecule has 2 aliphatic heterocycles. The zero-order valence-electron chi connectivity index (χ0n) is 19.8. The van der Waals surface area contributed by atoms with E-state index < -0.39 is 5.25 Å². The van der Waals surface area contributed by atoms with Gasteiger partial charge in [0.15, 0.2) is 0 Å². The van der Waals surface area contributed by atoms with Gasteiger partial charge < -0.3 is 21.1 Å². The van der Waals surface area contributed by atoms with Crippen LogP contribution in [0.25, 0.3) is 0 Å². The number of thioether (sulfide) groups is 1. The topological polar surface area (TPSA) is 109 Å². The number of para-hydroxylation sites is 1. The molecule has 2 heterocycles. The van der Waals surface area contributed by atoms with E-state index in [9.17, 15) is 9.59 Å². The van der Waals surface area contributed by atoms with Crippen molar-refractivity contribution < 1.29 is 14.3 Å². The average molecular weight is 494 g/mol. The lowest BCUT2D eigenvalue weighted by Crippen LogP contribution is -2.42. The molecule has 1 saturated heterocycles. The van der Waals surface area contributed by atoms with Crippen molar-refractivity contribution >= 4 is 40.0 Å². The van der Waals surface area contributed by atoms with Crippen LogP contribution >= 0.6 is 11.8 Å². The van der Waals surface area contributed by atoms with Gasteiger partial charge in [-0.25, -0.2) is 4.99 Å². The molecule has 0 saturated carbocycles. The molecule has 4 rings (SSSR count). The van der Waals surface area contributed by atoms with Crippen LogP contribution in [0.4, 0.5) is 11.4 Å². The fourth-order valence-corrected chi connectivity index (χ4v) is 5.01. The predicted molar refractivity (Wildman–Crippen MR) is 141 cm³/mol. The maximum Gasteiger partial charge on any atom is 0.255 e. The van der Waals surface area contributed by atoms with Crippen LogP contribution in [0, 0.1) is 0 Å². The summed E-state index contributed by atoms with van der Waals surface area (Å²) in [7, 11) is 0. The third-order valence-electron chi connectivity index (χ3n) is 5.91. The van der Waals surface area contributed by atoms with Crippen LogP contribution in [0.15, 0.2) is 70.9 Å². The molecule has 0 unspecified atom stereocenters. The molecule has 184 valence electrons. The molecule has 1 fully saturated rings. The first-order valence-corrected chi connectivity index (χ1v) is 12.7. The highest BCUT2D eigenvalue weighted by molar-refractivity contribution is 8.16. The molecule has 4 N–H and O–H groups in total. The number of benzene rings is 2. The van der Waals surface area contributed by atoms with Gasteiger partial charge in [0.25, 0.3) is 5.91 Å². The summed E-state index contributed by atoms with van der Waals surface area (Å²) in [5.41, 5.74) is 9.46. The van der Waals surface area contributed by atoms with Crippen LogP contribution in [0.5, 0.6) is 0 Å². The fourth-order valence-electron chi connectivity index (χ4n) is 3.89. The van der Waals surface area contributed by atoms with Crippen molar-refractivity contribution in [1.29, 1.82) is 0 Å². The number of amides is 2. The van der Waals surface area contributed by atoms with Gasteiger partial charge in [-0.2, -0.15) is 0 Å². The molecule has 2 aliphatic rings. The van der Waals surface area contributed by atoms with Crippen molar-refractivity contribution in [3.63, 3.8) is 0 Å². The van der Waals surface area contributed by atoms with Gasteiger partial charge in [0.2, 0.25) is 5.91 Å². The average Bonchev–Trinajstić information content (AvgIpc) is 3.21. The summed E-state index contributed by atoms with van der Waals surface area (Å²) in [6.45, 7) is 6.37. The summed E-state index contributed by atoms with van der Waals surface area (Å²) in [5.74, 6) is -0.603. The monoisotopic (exact) mass is 493 g/mol. The number of morpholine rings is 1. The highest BCUT2D eigenvalue weighted by atomic mass is 32.2. The second kappa shape index (κ2) is 12.0. The Kier molecular flexibility index (Phi) is 8.57. The number of nitrogens with zero attached hydrogens (tertiary/aromatic N) is 2. The van der Waals surface area contributed by atoms with Gasteiger partial charge in [-0.3, -0.25) is 14.5 Å². The molecule has 2 amide bonds. The number of rotatable bonds is 8. The summed E-state index contributed by atoms with van der Waals surface area (Å²) >= 11 is 1.20. The molecule has 35 heavy (non-hydrogen) atoms. The zero-order valence-corrected chi connectivity index (χ0v) is 20.6. The van der Waals surface area contributed by atoms with E-state index >= 15 is 0 Å². The number of carbonyl (C=O) groups is 2. The van der Waals surface area contributed by atoms with E-state index in [4.69, 9.17) is 10.5 Å². The third-order valence-corrected chi connectivity index (χ3v) is 7.14. The molecule has 2 aromatic rings. The highest BCUT2D eigenvalue weighted by Crippen LogP contribution is 2.35. The molecule has 8 nitrogen and oxygen atoms in total. The standard InChI is InChI=1S/C26H31N5O3S/c1-2-18-8-10-20(11-9-18)29-25(33)23-22(27)21(26(35-23)30-19-6-4-3-5-7-19)24(32)28-12-13-31-14-16-34-17-15-31/h3-11,23H,2,12-17,27H2,1H3,(H,28,32)(H,29,33)/t23-/m1/s1. The maximum absolute atomic E-state index is 13.2. The van der Waals surface area contributed by atoms with Crippen molar-refractivity contribution in [1.82, 2.24) is 10.2 Å². The molecule has 0 aromatic heterocycles. The summed E-state index contributed by atoms with van der Waals surface area (Å²) in [4.78, 5) is 33.2. The normalized spacial score (nSPS) is 19.7. The van der Waals surface area contributed by atoms with Crippen LogP contribution in [0.2, 0.25) is 0 Å². The Labute approximate surface area is 210 Å². The molecule has 1 atom stereocenters. The van der Waals surface area contributed by atoms with Crippen LogP contribution < -0.4 is 16.4 Å². The SMILES string of the molecule is CCc1ccc(NC(=O)[C@@H]2SC(=Nc3ccccc3)C(C(=O)NCCN3CCOCC3)=C2N)cc1. The quantitative estimate of drug-likeness (QED) is 0.522. The first-order valence-electron chi connectivity index (χ1n) is 11.8. The highest BCUT2D eigenvalue weighted by Gasteiger charge is 2.38. The van der Waals surface area contributed by atoms with E-state index in [0.717, 1.165) is 26.1 Å². The number of hydrogen-bond donors (Lipinski definition) is 3. The minimum atomic E-state index is -0.747. The minimum Gasteiger partial charge on any atom is -0.400 e. The number of anilines is 1. The summed E-state index contributed by atoms with van der Waals surface area (Å²) < 4.78 is 5.37. The summed E-state index contributed by atoms with van der Waals surface area (Å²) in [6.07, 6.45) is 0.922. The van der Waals surface area contributed by atoms with E-state index in [1.54, 1.807) is 0 Å². The Hall–Kier alpha value is -3.14. The van der Waals surface area contributed by atoms with Crippen molar-refractivity contribution in [2.24, 2.45) is 10.7 Å². The molecule has 0 radical (unpaired) electrons. The number of aryl methyl sites for hydroxylation is 1. The lowest BCUT2D eigenvalue weighted by atomic mass is 10.1. The molecule has 0 spiro atoms. The van der Waals surface area contributed by atoms with E-state index in [1.807, 2.05) is 54.6 Å². The Balaban J connectivity index is 1.50. The van der Waals surface area contributed by atoms with Crippen molar-refractivity contribution in [2.75, 3.05) is 44.7 Å². The molecule has 0 bridgehead atoms. The van der Waals surface area contributed by atoms with Crippen molar-refractivity contribution in [3.8, 4) is 0 Å². The molecule has 0 aliphatic carbocycles. The van der Waals surface area contributed by atoms with Crippen LogP contribution in [0.1, 0.15) is 12.5 Å². The van der Waals surface area contributed by atoms with E-state index in [0.29, 0.717) is 36.2 Å². The predicted octanol–water partition coefficient (Wildman–Crippen LogP) is 2.69. The van der Waals surface area contributed by atoms with Gasteiger partial charge in [0.1, 0.15) is 10.3 Å². The number of nitrogens with one attached hydrogen (secondary N) is 2. The Morgan fingerprint density at radius 3 is 2.51 bits per heavy atom. The Morgan fingerprint density at radius 1 is 1.11 bits per heavy atom. The lowest BCUT2D eigenvalue weighted by Gasteiger charge is -2.26. The largest absolute Gasteiger partial charge is 0.400 e. The maximum atomic E-state index is 13.2. The Bertz CT molecular complexity index is 1100. The molecule has 9 heteroatoms. The zero-order chi connectivity index (χ0) is 24.6. The van der Waals surface area contributed by atoms with Crippen LogP contribution in [0.3, 0.4) is 0 Å². The molecular weight excluding hydrogens is 462 g/mol. The summed E-state index contributed by atoms with van der Waals surface area (Å²) in [6, 6.07) is 17.0. The number of carbonyl (C=O) groups excluding carboxylic acids is 2. The Morgan fingerprint density at radius 2 is 1.83 bits per heavy atom. The number of ether oxygens (including phenoxy) is 1. The van der Waals surface area contributed by atoms with Gasteiger partial charge in [0.05, 0.1) is 24.5 Å². The van der Waals surface area contributed by atoms with E-state index in [2.05, 4.69) is 27.4 Å². The van der Waals surface area contributed by atoms with Crippen molar-refractivity contribution in [2.45, 2.75) is 18.6 Å². The summed E-state index contributed by atoms with van der Waals surface area (Å²) in [5, 5.41) is 5.57. The van der Waals surface area contributed by atoms with E-state index in [-0.39, 0.29) is 23.1 Å². The minimum absolute atomic E-state index is 0.219. The van der Waals surface area contributed by atoms with Crippen LogP contribution in [-0.2, 0) is 20.7 Å². The molecular formula is C26H31N5O3S. The van der Waals surface area contributed by atoms with Gasteiger partial charge >= 0.3 is 0 Å². The second-order valence-electron chi connectivity index (χ2n) is 8.33. The van der Waals surface area contributed by atoms with Gasteiger partial charge in [-0.1, -0.05) is 49.0 Å². The van der Waals surface area contributed by atoms with Gasteiger partial charge in [0, 0.05) is 37.6 Å². The molecule has 2 aromatic carbocycles. The van der Waals surface area contributed by atoms with Crippen LogP contribution in [-0.4, -0.2) is 66.4 Å². The second-order valence-corrected chi connectivity index (χ2v) is 9.42. The number of hydrogen-bond acceptors (Lipinski definition) is 7. The number of nitrogens with two attached hydrogens (primary N) is 1. The first kappa shape index (κ1) is 25.0. The van der Waals surface area contributed by atoms with E-state index in [1.165, 1.54) is 17.3 Å². The lowest BCUT2D eigenvalue weighted by molar-refractivity contribution is -0.117. The van der Waals surface area contributed by atoms with Gasteiger partial charge in [-0.15, -0.1) is 0 Å². The van der Waals surface area contributed by atoms with Crippen molar-refractivity contribution in [3.05, 3.63) is 71.4 Å². The smallest absolute Gasteiger partial charge is 0.255 e. The van der Waals surface area contributed by atoms with Gasteiger partial charge in [-0.05, 0) is 36.2 Å². The number of aliphatic imine (C=N–C) groups is 1. The first-order chi connectivity index (χ1) is 17.0. The fraction of sp³-hybridized carbons (Fsp3) is 0.346.